The van der Waals surface area contributed by atoms with Crippen LogP contribution in [0.25, 0.3) is 0 Å². The highest BCUT2D eigenvalue weighted by molar-refractivity contribution is 5.83. The number of nitrogens with one attached hydrogen (secondary N) is 1. The molecule has 0 saturated heterocycles. The van der Waals surface area contributed by atoms with Gasteiger partial charge in [-0.15, -0.1) is 0 Å². The number of rotatable bonds is 6. The minimum atomic E-state index is 0.298. The highest BCUT2D eigenvalue weighted by atomic mass is 16.5. The minimum absolute atomic E-state index is 0.298. The van der Waals surface area contributed by atoms with Gasteiger partial charge in [-0.25, -0.2) is 0 Å². The maximum absolute atomic E-state index is 7.50. The fourth-order valence-corrected chi connectivity index (χ4v) is 0.854. The molecule has 1 unspecified atom stereocenters. The molecule has 2 heteroatoms. The van der Waals surface area contributed by atoms with Crippen molar-refractivity contribution in [2.75, 3.05) is 13.2 Å². The summed E-state index contributed by atoms with van der Waals surface area (Å²) in [6.07, 6.45) is 1.91. The third-order valence-electron chi connectivity index (χ3n) is 1.69. The molecule has 0 aliphatic carbocycles. The van der Waals surface area contributed by atoms with Crippen LogP contribution >= 0.6 is 0 Å². The van der Waals surface area contributed by atoms with Crippen LogP contribution in [0.5, 0.6) is 0 Å². The fourth-order valence-electron chi connectivity index (χ4n) is 0.854. The van der Waals surface area contributed by atoms with Gasteiger partial charge in [0.05, 0.1) is 6.61 Å². The molecule has 0 aromatic carbocycles. The summed E-state index contributed by atoms with van der Waals surface area (Å²) in [5, 5.41) is 7.50. The monoisotopic (exact) mass is 157 g/mol. The van der Waals surface area contributed by atoms with E-state index in [0.29, 0.717) is 12.5 Å². The number of hydrogen-bond donors (Lipinski definition) is 1. The third-order valence-corrected chi connectivity index (χ3v) is 1.69. The first-order valence-corrected chi connectivity index (χ1v) is 4.37. The Balaban J connectivity index is 3.36. The van der Waals surface area contributed by atoms with Crippen LogP contribution in [0.2, 0.25) is 0 Å². The molecule has 0 saturated carbocycles. The van der Waals surface area contributed by atoms with Crippen molar-refractivity contribution < 1.29 is 4.74 Å². The van der Waals surface area contributed by atoms with Crippen LogP contribution < -0.4 is 0 Å². The molecule has 0 bridgehead atoms. The summed E-state index contributed by atoms with van der Waals surface area (Å²) >= 11 is 0. The van der Waals surface area contributed by atoms with Gasteiger partial charge in [0, 0.05) is 18.2 Å². The van der Waals surface area contributed by atoms with E-state index >= 15 is 0 Å². The van der Waals surface area contributed by atoms with E-state index in [-0.39, 0.29) is 0 Å². The van der Waals surface area contributed by atoms with E-state index in [1.54, 1.807) is 0 Å². The summed E-state index contributed by atoms with van der Waals surface area (Å²) in [6, 6.07) is 0. The topological polar surface area (TPSA) is 33.1 Å². The molecule has 0 amide bonds. The van der Waals surface area contributed by atoms with Crippen molar-refractivity contribution in [1.82, 2.24) is 0 Å². The Morgan fingerprint density at radius 1 is 1.45 bits per heavy atom. The Morgan fingerprint density at radius 2 is 2.09 bits per heavy atom. The Morgan fingerprint density at radius 3 is 2.55 bits per heavy atom. The largest absolute Gasteiger partial charge is 0.381 e. The molecule has 0 heterocycles. The number of hydrogen-bond acceptors (Lipinski definition) is 2. The second-order valence-corrected chi connectivity index (χ2v) is 2.85. The van der Waals surface area contributed by atoms with Gasteiger partial charge >= 0.3 is 0 Å². The van der Waals surface area contributed by atoms with Crippen molar-refractivity contribution >= 4 is 5.71 Å². The molecular weight excluding hydrogens is 138 g/mol. The van der Waals surface area contributed by atoms with Gasteiger partial charge in [0.15, 0.2) is 0 Å². The smallest absolute Gasteiger partial charge is 0.0543 e. The Bertz CT molecular complexity index is 112. The normalized spacial score (nSPS) is 13.0. The molecule has 66 valence electrons. The highest BCUT2D eigenvalue weighted by Crippen LogP contribution is 2.01. The summed E-state index contributed by atoms with van der Waals surface area (Å²) in [5.74, 6) is 0.298. The zero-order chi connectivity index (χ0) is 8.69. The van der Waals surface area contributed by atoms with Crippen LogP contribution in [0, 0.1) is 11.3 Å². The fraction of sp³-hybridized carbons (Fsp3) is 0.889. The molecule has 11 heavy (non-hydrogen) atoms. The molecule has 0 spiro atoms. The van der Waals surface area contributed by atoms with E-state index in [2.05, 4.69) is 6.92 Å². The van der Waals surface area contributed by atoms with E-state index in [4.69, 9.17) is 10.1 Å². The molecule has 0 aromatic rings. The molecule has 0 aromatic heterocycles. The molecule has 0 aliphatic rings. The van der Waals surface area contributed by atoms with Gasteiger partial charge in [-0.05, 0) is 12.8 Å². The molecule has 1 atom stereocenters. The summed E-state index contributed by atoms with van der Waals surface area (Å²) in [5.41, 5.74) is 0.793. The van der Waals surface area contributed by atoms with Crippen molar-refractivity contribution in [2.45, 2.75) is 33.6 Å². The molecule has 0 fully saturated rings. The predicted octanol–water partition coefficient (Wildman–Crippen LogP) is 2.48. The quantitative estimate of drug-likeness (QED) is 0.466. The Kier molecular flexibility index (Phi) is 6.13. The first-order chi connectivity index (χ1) is 5.22. The molecule has 2 nitrogen and oxygen atoms in total. The Hall–Kier alpha value is -0.370. The van der Waals surface area contributed by atoms with Crippen molar-refractivity contribution in [3.8, 4) is 0 Å². The Labute approximate surface area is 69.5 Å². The van der Waals surface area contributed by atoms with E-state index in [9.17, 15) is 0 Å². The van der Waals surface area contributed by atoms with Crippen LogP contribution in [-0.2, 0) is 4.74 Å². The van der Waals surface area contributed by atoms with E-state index in [1.807, 2.05) is 13.8 Å². The molecule has 0 radical (unpaired) electrons. The van der Waals surface area contributed by atoms with Gasteiger partial charge < -0.3 is 10.1 Å². The summed E-state index contributed by atoms with van der Waals surface area (Å²) in [4.78, 5) is 0. The van der Waals surface area contributed by atoms with Crippen molar-refractivity contribution in [1.29, 1.82) is 5.41 Å². The molecular formula is C9H19NO. The maximum atomic E-state index is 7.50. The lowest BCUT2D eigenvalue weighted by atomic mass is 10.1. The van der Waals surface area contributed by atoms with Crippen molar-refractivity contribution in [2.24, 2.45) is 5.92 Å². The van der Waals surface area contributed by atoms with Crippen LogP contribution in [0.1, 0.15) is 33.6 Å². The average Bonchev–Trinajstić information content (AvgIpc) is 2.03. The van der Waals surface area contributed by atoms with Gasteiger partial charge in [0.1, 0.15) is 0 Å². The van der Waals surface area contributed by atoms with Crippen molar-refractivity contribution in [3.05, 3.63) is 0 Å². The first kappa shape index (κ1) is 10.6. The third kappa shape index (κ3) is 4.96. The van der Waals surface area contributed by atoms with Gasteiger partial charge in [0.2, 0.25) is 0 Å². The zero-order valence-corrected chi connectivity index (χ0v) is 7.81. The lowest BCUT2D eigenvalue weighted by Crippen LogP contribution is -2.15. The van der Waals surface area contributed by atoms with Gasteiger partial charge in [-0.3, -0.25) is 0 Å². The van der Waals surface area contributed by atoms with Gasteiger partial charge in [0.25, 0.3) is 0 Å². The van der Waals surface area contributed by atoms with Crippen LogP contribution in [0.15, 0.2) is 0 Å². The summed E-state index contributed by atoms with van der Waals surface area (Å²) in [6.45, 7) is 7.68. The summed E-state index contributed by atoms with van der Waals surface area (Å²) < 4.78 is 5.33. The van der Waals surface area contributed by atoms with Crippen molar-refractivity contribution in [3.63, 3.8) is 0 Å². The SMILES string of the molecule is CCCOCC(C)C(=N)CC. The zero-order valence-electron chi connectivity index (χ0n) is 7.81. The van der Waals surface area contributed by atoms with E-state index in [0.717, 1.165) is 25.2 Å². The van der Waals surface area contributed by atoms with Crippen LogP contribution in [0.4, 0.5) is 0 Å². The lowest BCUT2D eigenvalue weighted by molar-refractivity contribution is 0.121. The van der Waals surface area contributed by atoms with Gasteiger partial charge in [-0.2, -0.15) is 0 Å². The van der Waals surface area contributed by atoms with E-state index in [1.165, 1.54) is 0 Å². The standard InChI is InChI=1S/C9H19NO/c1-4-6-11-7-8(3)9(10)5-2/h8,10H,4-7H2,1-3H3. The van der Waals surface area contributed by atoms with Crippen LogP contribution in [-0.4, -0.2) is 18.9 Å². The number of ether oxygens (including phenoxy) is 1. The maximum Gasteiger partial charge on any atom is 0.0543 e. The lowest BCUT2D eigenvalue weighted by Gasteiger charge is -2.11. The molecule has 0 aliphatic heterocycles. The summed E-state index contributed by atoms with van der Waals surface area (Å²) in [7, 11) is 0. The average molecular weight is 157 g/mol. The second kappa shape index (κ2) is 6.35. The first-order valence-electron chi connectivity index (χ1n) is 4.37. The second-order valence-electron chi connectivity index (χ2n) is 2.85. The highest BCUT2D eigenvalue weighted by Gasteiger charge is 2.05. The minimum Gasteiger partial charge on any atom is -0.381 e. The molecule has 1 N–H and O–H groups in total. The molecule has 0 rings (SSSR count). The van der Waals surface area contributed by atoms with Crippen LogP contribution in [0.3, 0.4) is 0 Å². The van der Waals surface area contributed by atoms with Gasteiger partial charge in [-0.1, -0.05) is 20.8 Å². The predicted molar refractivity (Wildman–Crippen MR) is 48.3 cm³/mol. The van der Waals surface area contributed by atoms with E-state index < -0.39 is 0 Å².